The van der Waals surface area contributed by atoms with E-state index >= 15 is 0 Å². The topological polar surface area (TPSA) is 23.6 Å². The van der Waals surface area contributed by atoms with Crippen LogP contribution in [0, 0.1) is 11.8 Å². The first-order chi connectivity index (χ1) is 9.28. The molecule has 0 aliphatic carbocycles. The minimum absolute atomic E-state index is 0.697. The highest BCUT2D eigenvalue weighted by Crippen LogP contribution is 2.02. The number of carbonyl (C=O) groups excluding carboxylic acids is 1. The molecule has 1 fully saturated rings. The van der Waals surface area contributed by atoms with Gasteiger partial charge in [0, 0.05) is 50.3 Å². The van der Waals surface area contributed by atoms with Gasteiger partial charge in [0.15, 0.2) is 0 Å². The molecular formula is C16H20N2O. The van der Waals surface area contributed by atoms with Crippen LogP contribution in [-0.2, 0) is 0 Å². The maximum Gasteiger partial charge on any atom is 0.150 e. The van der Waals surface area contributed by atoms with E-state index in [1.165, 1.54) is 0 Å². The summed E-state index contributed by atoms with van der Waals surface area (Å²) in [7, 11) is 2.17. The van der Waals surface area contributed by atoms with Gasteiger partial charge in [0.2, 0.25) is 0 Å². The molecule has 100 valence electrons. The Kier molecular flexibility index (Phi) is 5.14. The minimum atomic E-state index is 0.697. The molecule has 2 rings (SSSR count). The van der Waals surface area contributed by atoms with E-state index in [-0.39, 0.29) is 0 Å². The number of rotatable bonds is 3. The number of hydrogen-bond acceptors (Lipinski definition) is 3. The first-order valence-corrected chi connectivity index (χ1v) is 6.73. The number of carbonyl (C=O) groups is 1. The van der Waals surface area contributed by atoms with Crippen LogP contribution < -0.4 is 0 Å². The number of nitrogens with zero attached hydrogens (tertiary/aromatic N) is 2. The quantitative estimate of drug-likeness (QED) is 0.605. The molecule has 1 aromatic rings. The van der Waals surface area contributed by atoms with Crippen LogP contribution in [0.3, 0.4) is 0 Å². The van der Waals surface area contributed by atoms with Gasteiger partial charge >= 0.3 is 0 Å². The van der Waals surface area contributed by atoms with Gasteiger partial charge in [0.1, 0.15) is 6.29 Å². The predicted molar refractivity (Wildman–Crippen MR) is 77.3 cm³/mol. The molecule has 1 aliphatic rings. The first-order valence-electron chi connectivity index (χ1n) is 6.73. The molecule has 0 N–H and O–H groups in total. The molecule has 19 heavy (non-hydrogen) atoms. The van der Waals surface area contributed by atoms with Gasteiger partial charge < -0.3 is 4.90 Å². The van der Waals surface area contributed by atoms with Crippen LogP contribution in [0.15, 0.2) is 24.3 Å². The summed E-state index contributed by atoms with van der Waals surface area (Å²) in [4.78, 5) is 15.4. The summed E-state index contributed by atoms with van der Waals surface area (Å²) >= 11 is 0. The first kappa shape index (κ1) is 13.8. The van der Waals surface area contributed by atoms with E-state index in [0.717, 1.165) is 51.0 Å². The van der Waals surface area contributed by atoms with Gasteiger partial charge in [-0.05, 0) is 19.2 Å². The van der Waals surface area contributed by atoms with Crippen LogP contribution in [-0.4, -0.2) is 55.9 Å². The monoisotopic (exact) mass is 256 g/mol. The molecule has 0 saturated carbocycles. The summed E-state index contributed by atoms with van der Waals surface area (Å²) in [5, 5.41) is 0. The third kappa shape index (κ3) is 4.51. The Labute approximate surface area is 115 Å². The van der Waals surface area contributed by atoms with Gasteiger partial charge in [-0.15, -0.1) is 0 Å². The second kappa shape index (κ2) is 7.08. The van der Waals surface area contributed by atoms with Crippen molar-refractivity contribution in [2.75, 3.05) is 39.8 Å². The van der Waals surface area contributed by atoms with Crippen LogP contribution in [0.4, 0.5) is 0 Å². The molecule has 1 saturated heterocycles. The van der Waals surface area contributed by atoms with Crippen LogP contribution >= 0.6 is 0 Å². The lowest BCUT2D eigenvalue weighted by atomic mass is 10.1. The fraction of sp³-hybridized carbons (Fsp3) is 0.438. The van der Waals surface area contributed by atoms with Crippen molar-refractivity contribution in [3.05, 3.63) is 35.4 Å². The third-order valence-corrected chi connectivity index (χ3v) is 3.43. The van der Waals surface area contributed by atoms with Gasteiger partial charge in [0.05, 0.1) is 0 Å². The summed E-state index contributed by atoms with van der Waals surface area (Å²) in [6.07, 6.45) is 1.75. The molecule has 0 amide bonds. The lowest BCUT2D eigenvalue weighted by Gasteiger charge is -2.31. The second-order valence-electron chi connectivity index (χ2n) is 4.94. The number of hydrogen-bond donors (Lipinski definition) is 0. The average molecular weight is 256 g/mol. The molecule has 3 nitrogen and oxygen atoms in total. The third-order valence-electron chi connectivity index (χ3n) is 3.43. The number of aldehydes is 1. The summed E-state index contributed by atoms with van der Waals surface area (Å²) in [5.41, 5.74) is 1.67. The largest absolute Gasteiger partial charge is 0.304 e. The van der Waals surface area contributed by atoms with E-state index < -0.39 is 0 Å². The summed E-state index contributed by atoms with van der Waals surface area (Å²) in [5.74, 6) is 6.35. The lowest BCUT2D eigenvalue weighted by Crippen LogP contribution is -2.44. The van der Waals surface area contributed by atoms with Crippen molar-refractivity contribution in [3.8, 4) is 11.8 Å². The highest BCUT2D eigenvalue weighted by molar-refractivity contribution is 5.74. The standard InChI is InChI=1S/C16H20N2O/c1-17-10-12-18(13-11-17)9-3-2-4-15-5-7-16(14-19)8-6-15/h5-8,14H,3,9-13H2,1H3. The molecule has 0 atom stereocenters. The van der Waals surface area contributed by atoms with Gasteiger partial charge in [-0.25, -0.2) is 0 Å². The molecule has 1 aliphatic heterocycles. The predicted octanol–water partition coefficient (Wildman–Crippen LogP) is 1.49. The summed E-state index contributed by atoms with van der Waals surface area (Å²) in [6, 6.07) is 7.40. The van der Waals surface area contributed by atoms with Gasteiger partial charge in [-0.1, -0.05) is 24.0 Å². The molecule has 0 unspecified atom stereocenters. The Balaban J connectivity index is 1.76. The van der Waals surface area contributed by atoms with Crippen molar-refractivity contribution in [3.63, 3.8) is 0 Å². The maximum absolute atomic E-state index is 10.5. The molecule has 0 radical (unpaired) electrons. The average Bonchev–Trinajstić information content (AvgIpc) is 2.46. The van der Waals surface area contributed by atoms with Crippen molar-refractivity contribution in [2.24, 2.45) is 0 Å². The molecular weight excluding hydrogens is 236 g/mol. The van der Waals surface area contributed by atoms with E-state index in [2.05, 4.69) is 28.7 Å². The van der Waals surface area contributed by atoms with Crippen LogP contribution in [0.2, 0.25) is 0 Å². The molecule has 3 heteroatoms. The number of piperazine rings is 1. The minimum Gasteiger partial charge on any atom is -0.304 e. The number of likely N-dealkylation sites (N-methyl/N-ethyl adjacent to an activating group) is 1. The molecule has 0 aromatic heterocycles. The Morgan fingerprint density at radius 2 is 1.84 bits per heavy atom. The fourth-order valence-corrected chi connectivity index (χ4v) is 2.10. The summed E-state index contributed by atoms with van der Waals surface area (Å²) in [6.45, 7) is 5.65. The van der Waals surface area contributed by atoms with E-state index in [1.54, 1.807) is 12.1 Å². The fourth-order valence-electron chi connectivity index (χ4n) is 2.10. The molecule has 1 heterocycles. The number of benzene rings is 1. The van der Waals surface area contributed by atoms with Crippen LogP contribution in [0.5, 0.6) is 0 Å². The van der Waals surface area contributed by atoms with Gasteiger partial charge in [-0.3, -0.25) is 9.69 Å². The van der Waals surface area contributed by atoms with Crippen molar-refractivity contribution >= 4 is 6.29 Å². The van der Waals surface area contributed by atoms with Crippen molar-refractivity contribution in [1.82, 2.24) is 9.80 Å². The zero-order valence-corrected chi connectivity index (χ0v) is 11.4. The Morgan fingerprint density at radius 3 is 2.47 bits per heavy atom. The molecule has 0 spiro atoms. The van der Waals surface area contributed by atoms with E-state index in [1.807, 2.05) is 12.1 Å². The Hall–Kier alpha value is -1.63. The second-order valence-corrected chi connectivity index (χ2v) is 4.94. The summed E-state index contributed by atoms with van der Waals surface area (Å²) < 4.78 is 0. The Morgan fingerprint density at radius 1 is 1.16 bits per heavy atom. The molecule has 0 bridgehead atoms. The normalized spacial score (nSPS) is 16.7. The van der Waals surface area contributed by atoms with Crippen LogP contribution in [0.1, 0.15) is 22.3 Å². The van der Waals surface area contributed by atoms with Crippen molar-refractivity contribution < 1.29 is 4.79 Å². The Bertz CT molecular complexity index is 462. The smallest absolute Gasteiger partial charge is 0.150 e. The van der Waals surface area contributed by atoms with Crippen molar-refractivity contribution in [2.45, 2.75) is 6.42 Å². The van der Waals surface area contributed by atoms with Crippen molar-refractivity contribution in [1.29, 1.82) is 0 Å². The van der Waals surface area contributed by atoms with Gasteiger partial charge in [-0.2, -0.15) is 0 Å². The molecule has 1 aromatic carbocycles. The van der Waals surface area contributed by atoms with E-state index in [4.69, 9.17) is 0 Å². The lowest BCUT2D eigenvalue weighted by molar-refractivity contribution is 0.112. The van der Waals surface area contributed by atoms with E-state index in [9.17, 15) is 4.79 Å². The zero-order valence-electron chi connectivity index (χ0n) is 11.4. The highest BCUT2D eigenvalue weighted by Gasteiger charge is 2.11. The highest BCUT2D eigenvalue weighted by atomic mass is 16.1. The van der Waals surface area contributed by atoms with Crippen LogP contribution in [0.25, 0.3) is 0 Å². The van der Waals surface area contributed by atoms with Gasteiger partial charge in [0.25, 0.3) is 0 Å². The SMILES string of the molecule is CN1CCN(CCC#Cc2ccc(C=O)cc2)CC1. The zero-order chi connectivity index (χ0) is 13.5. The maximum atomic E-state index is 10.5. The van der Waals surface area contributed by atoms with E-state index in [0.29, 0.717) is 5.56 Å².